The molecule has 0 N–H and O–H groups in total. The van der Waals surface area contributed by atoms with Crippen LogP contribution in [0.3, 0.4) is 0 Å². The molecule has 1 fully saturated rings. The molecule has 3 rings (SSSR count). The minimum Gasteiger partial charge on any atom is -0.376 e. The molecule has 0 radical (unpaired) electrons. The number of halogens is 2. The van der Waals surface area contributed by atoms with E-state index >= 15 is 0 Å². The van der Waals surface area contributed by atoms with Crippen LogP contribution in [0.25, 0.3) is 11.0 Å². The Bertz CT molecular complexity index is 608. The Balaban J connectivity index is 2.01. The van der Waals surface area contributed by atoms with E-state index in [1.165, 1.54) is 0 Å². The first kappa shape index (κ1) is 14.3. The largest absolute Gasteiger partial charge is 0.376 e. The smallest absolute Gasteiger partial charge is 0.127 e. The van der Waals surface area contributed by atoms with Gasteiger partial charge in [-0.2, -0.15) is 0 Å². The summed E-state index contributed by atoms with van der Waals surface area (Å²) in [4.78, 5) is 4.63. The zero-order chi connectivity index (χ0) is 14.1. The predicted molar refractivity (Wildman–Crippen MR) is 82.3 cm³/mol. The Morgan fingerprint density at radius 3 is 3.05 bits per heavy atom. The van der Waals surface area contributed by atoms with Crippen molar-refractivity contribution in [3.05, 3.63) is 28.5 Å². The van der Waals surface area contributed by atoms with Crippen LogP contribution in [0.5, 0.6) is 0 Å². The maximum Gasteiger partial charge on any atom is 0.127 e. The van der Waals surface area contributed by atoms with Crippen molar-refractivity contribution in [1.82, 2.24) is 9.55 Å². The van der Waals surface area contributed by atoms with Crippen molar-refractivity contribution in [3.8, 4) is 0 Å². The number of imidazole rings is 1. The third-order valence-corrected chi connectivity index (χ3v) is 4.06. The summed E-state index contributed by atoms with van der Waals surface area (Å²) in [6.45, 7) is 4.58. The first-order chi connectivity index (χ1) is 9.65. The lowest BCUT2D eigenvalue weighted by atomic mass is 10.3. The third-order valence-electron chi connectivity index (χ3n) is 3.37. The fourth-order valence-corrected chi connectivity index (χ4v) is 2.97. The molecule has 108 valence electrons. The van der Waals surface area contributed by atoms with Crippen molar-refractivity contribution in [2.45, 2.75) is 24.9 Å². The van der Waals surface area contributed by atoms with E-state index in [0.29, 0.717) is 26.4 Å². The number of fused-ring (bicyclic) bond motifs is 1. The van der Waals surface area contributed by atoms with Crippen molar-refractivity contribution < 1.29 is 9.47 Å². The first-order valence-corrected chi connectivity index (χ1v) is 7.87. The predicted octanol–water partition coefficient (Wildman–Crippen LogP) is 3.51. The molecule has 1 saturated heterocycles. The number of rotatable bonds is 3. The van der Waals surface area contributed by atoms with Gasteiger partial charge in [-0.1, -0.05) is 15.9 Å². The monoisotopic (exact) mass is 358 g/mol. The van der Waals surface area contributed by atoms with Crippen LogP contribution < -0.4 is 0 Å². The van der Waals surface area contributed by atoms with Crippen LogP contribution >= 0.6 is 27.5 Å². The molecular weight excluding hydrogens is 344 g/mol. The van der Waals surface area contributed by atoms with Gasteiger partial charge in [0.25, 0.3) is 0 Å². The minimum atomic E-state index is -0.148. The zero-order valence-electron chi connectivity index (χ0n) is 11.2. The van der Waals surface area contributed by atoms with Gasteiger partial charge in [-0.05, 0) is 25.1 Å². The van der Waals surface area contributed by atoms with Crippen molar-refractivity contribution in [2.24, 2.45) is 0 Å². The normalized spacial score (nSPS) is 21.2. The van der Waals surface area contributed by atoms with Crippen LogP contribution in [0.1, 0.15) is 18.1 Å². The van der Waals surface area contributed by atoms with Crippen molar-refractivity contribution in [3.63, 3.8) is 0 Å². The minimum absolute atomic E-state index is 0.0503. The highest BCUT2D eigenvalue weighted by atomic mass is 79.9. The van der Waals surface area contributed by atoms with Crippen molar-refractivity contribution in [2.75, 3.05) is 19.8 Å². The van der Waals surface area contributed by atoms with Crippen LogP contribution in [0, 0.1) is 0 Å². The highest BCUT2D eigenvalue weighted by Crippen LogP contribution is 2.27. The summed E-state index contributed by atoms with van der Waals surface area (Å²) < 4.78 is 14.4. The lowest BCUT2D eigenvalue weighted by Crippen LogP contribution is -2.32. The van der Waals surface area contributed by atoms with Crippen LogP contribution in [0.15, 0.2) is 22.7 Å². The van der Waals surface area contributed by atoms with Crippen LogP contribution in [-0.4, -0.2) is 35.5 Å². The molecule has 2 aromatic rings. The van der Waals surface area contributed by atoms with E-state index in [1.807, 2.05) is 19.1 Å². The maximum absolute atomic E-state index is 6.27. The number of nitrogens with zero attached hydrogens (tertiary/aromatic N) is 2. The number of hydrogen-bond acceptors (Lipinski definition) is 3. The number of alkyl halides is 1. The van der Waals surface area contributed by atoms with Crippen LogP contribution in [0.2, 0.25) is 0 Å². The van der Waals surface area contributed by atoms with Gasteiger partial charge in [0.1, 0.15) is 5.82 Å². The molecule has 1 aromatic heterocycles. The molecule has 1 aromatic carbocycles. The fourth-order valence-electron chi connectivity index (χ4n) is 2.46. The number of benzene rings is 1. The van der Waals surface area contributed by atoms with E-state index in [1.54, 1.807) is 0 Å². The van der Waals surface area contributed by atoms with Gasteiger partial charge in [0, 0.05) is 4.47 Å². The summed E-state index contributed by atoms with van der Waals surface area (Å²) in [5, 5.41) is -0.148. The highest BCUT2D eigenvalue weighted by Gasteiger charge is 2.21. The Morgan fingerprint density at radius 2 is 2.35 bits per heavy atom. The molecule has 0 spiro atoms. The summed E-state index contributed by atoms with van der Waals surface area (Å²) >= 11 is 9.78. The fraction of sp³-hybridized carbons (Fsp3) is 0.500. The van der Waals surface area contributed by atoms with E-state index in [0.717, 1.165) is 21.3 Å². The lowest BCUT2D eigenvalue weighted by molar-refractivity contribution is -0.0934. The second kappa shape index (κ2) is 6.02. The molecule has 20 heavy (non-hydrogen) atoms. The van der Waals surface area contributed by atoms with E-state index in [4.69, 9.17) is 21.1 Å². The average Bonchev–Trinajstić information content (AvgIpc) is 2.78. The van der Waals surface area contributed by atoms with Crippen LogP contribution in [-0.2, 0) is 16.0 Å². The quantitative estimate of drug-likeness (QED) is 0.787. The Hall–Kier alpha value is -0.620. The average molecular weight is 360 g/mol. The standard InChI is InChI=1S/C14H16BrClN2O2/c1-9(16)14-17-12-3-2-10(15)6-13(12)18(14)7-11-8-19-4-5-20-11/h2-3,6,9,11H,4-5,7-8H2,1H3. The van der Waals surface area contributed by atoms with E-state index in [-0.39, 0.29) is 11.5 Å². The Kier molecular flexibility index (Phi) is 4.31. The van der Waals surface area contributed by atoms with Crippen LogP contribution in [0.4, 0.5) is 0 Å². The van der Waals surface area contributed by atoms with Gasteiger partial charge in [0.15, 0.2) is 0 Å². The number of ether oxygens (including phenoxy) is 2. The van der Waals surface area contributed by atoms with E-state index in [2.05, 4.69) is 31.5 Å². The van der Waals surface area contributed by atoms with Gasteiger partial charge < -0.3 is 14.0 Å². The molecule has 0 aliphatic carbocycles. The van der Waals surface area contributed by atoms with E-state index < -0.39 is 0 Å². The molecule has 2 heterocycles. The van der Waals surface area contributed by atoms with Crippen molar-refractivity contribution in [1.29, 1.82) is 0 Å². The first-order valence-electron chi connectivity index (χ1n) is 6.64. The molecule has 0 bridgehead atoms. The molecule has 1 aliphatic rings. The Labute approximate surface area is 131 Å². The molecule has 0 saturated carbocycles. The Morgan fingerprint density at radius 1 is 1.50 bits per heavy atom. The maximum atomic E-state index is 6.27. The molecule has 2 atom stereocenters. The van der Waals surface area contributed by atoms with Gasteiger partial charge in [-0.15, -0.1) is 11.6 Å². The molecule has 1 aliphatic heterocycles. The van der Waals surface area contributed by atoms with Gasteiger partial charge in [-0.25, -0.2) is 4.98 Å². The number of aromatic nitrogens is 2. The topological polar surface area (TPSA) is 36.3 Å². The second-order valence-electron chi connectivity index (χ2n) is 4.90. The SMILES string of the molecule is CC(Cl)c1nc2ccc(Br)cc2n1CC1COCCO1. The van der Waals surface area contributed by atoms with Crippen molar-refractivity contribution >= 4 is 38.6 Å². The molecular formula is C14H16BrClN2O2. The van der Waals surface area contributed by atoms with Gasteiger partial charge in [0.2, 0.25) is 0 Å². The molecule has 2 unspecified atom stereocenters. The second-order valence-corrected chi connectivity index (χ2v) is 6.47. The summed E-state index contributed by atoms with van der Waals surface area (Å²) in [5.41, 5.74) is 2.02. The van der Waals surface area contributed by atoms with Gasteiger partial charge >= 0.3 is 0 Å². The molecule has 0 amide bonds. The lowest BCUT2D eigenvalue weighted by Gasteiger charge is -2.24. The summed E-state index contributed by atoms with van der Waals surface area (Å²) in [6, 6.07) is 6.05. The summed E-state index contributed by atoms with van der Waals surface area (Å²) in [7, 11) is 0. The number of hydrogen-bond donors (Lipinski definition) is 0. The van der Waals surface area contributed by atoms with Gasteiger partial charge in [-0.3, -0.25) is 0 Å². The zero-order valence-corrected chi connectivity index (χ0v) is 13.5. The van der Waals surface area contributed by atoms with E-state index in [9.17, 15) is 0 Å². The summed E-state index contributed by atoms with van der Waals surface area (Å²) in [5.74, 6) is 0.869. The summed E-state index contributed by atoms with van der Waals surface area (Å²) in [6.07, 6.45) is 0.0503. The third kappa shape index (κ3) is 2.86. The molecule has 4 nitrogen and oxygen atoms in total. The van der Waals surface area contributed by atoms with Gasteiger partial charge in [0.05, 0.1) is 48.9 Å². The molecule has 6 heteroatoms. The highest BCUT2D eigenvalue weighted by molar-refractivity contribution is 9.10.